The predicted molar refractivity (Wildman–Crippen MR) is 117 cm³/mol. The molecule has 0 radical (unpaired) electrons. The number of nitrogens with zero attached hydrogens (tertiary/aromatic N) is 3. The van der Waals surface area contributed by atoms with Crippen molar-refractivity contribution in [3.05, 3.63) is 92.5 Å². The van der Waals surface area contributed by atoms with Crippen LogP contribution in [0.15, 0.2) is 61.2 Å². The van der Waals surface area contributed by atoms with Crippen LogP contribution in [0, 0.1) is 10.1 Å². The number of aromatic nitrogens is 2. The molecule has 1 aromatic heterocycles. The van der Waals surface area contributed by atoms with Crippen molar-refractivity contribution in [1.82, 2.24) is 9.55 Å². The van der Waals surface area contributed by atoms with Crippen molar-refractivity contribution in [2.75, 3.05) is 13.2 Å². The molecular weight excluding hydrogens is 477 g/mol. The van der Waals surface area contributed by atoms with E-state index in [0.29, 0.717) is 40.1 Å². The summed E-state index contributed by atoms with van der Waals surface area (Å²) < 4.78 is 20.1. The summed E-state index contributed by atoms with van der Waals surface area (Å²) >= 11 is 12.5. The third-order valence-electron chi connectivity index (χ3n) is 4.60. The van der Waals surface area contributed by atoms with E-state index in [1.807, 2.05) is 16.8 Å². The molecule has 10 nitrogen and oxygen atoms in total. The molecule has 1 saturated heterocycles. The van der Waals surface area contributed by atoms with Gasteiger partial charge in [-0.05, 0) is 36.4 Å². The topological polar surface area (TPSA) is 126 Å². The Morgan fingerprint density at radius 2 is 2.03 bits per heavy atom. The largest absolute Gasteiger partial charge is 0.491 e. The number of rotatable bonds is 7. The van der Waals surface area contributed by atoms with Crippen LogP contribution in [0.2, 0.25) is 10.0 Å². The van der Waals surface area contributed by atoms with E-state index in [1.165, 1.54) is 0 Å². The van der Waals surface area contributed by atoms with Crippen molar-refractivity contribution in [2.24, 2.45) is 0 Å². The number of benzene rings is 2. The maximum atomic E-state index is 10.8. The van der Waals surface area contributed by atoms with Crippen LogP contribution in [0.5, 0.6) is 5.75 Å². The number of hydrogen-bond acceptors (Lipinski definition) is 7. The molecule has 0 unspecified atom stereocenters. The Morgan fingerprint density at radius 1 is 1.30 bits per heavy atom. The fourth-order valence-corrected chi connectivity index (χ4v) is 3.76. The first kappa shape index (κ1) is 24.5. The highest BCUT2D eigenvalue weighted by atomic mass is 35.5. The van der Waals surface area contributed by atoms with E-state index < -0.39 is 10.9 Å². The number of hydrogen-bond donors (Lipinski definition) is 1. The molecule has 2 heterocycles. The first-order valence-corrected chi connectivity index (χ1v) is 10.3. The Morgan fingerprint density at radius 3 is 2.64 bits per heavy atom. The summed E-state index contributed by atoms with van der Waals surface area (Å²) in [6.45, 7) is 0.996. The Labute approximate surface area is 198 Å². The molecule has 1 N–H and O–H groups in total. The van der Waals surface area contributed by atoms with Gasteiger partial charge in [-0.1, -0.05) is 29.3 Å². The highest BCUT2D eigenvalue weighted by Gasteiger charge is 2.45. The predicted octanol–water partition coefficient (Wildman–Crippen LogP) is 4.00. The van der Waals surface area contributed by atoms with Crippen LogP contribution >= 0.6 is 23.2 Å². The average molecular weight is 496 g/mol. The van der Waals surface area contributed by atoms with Gasteiger partial charge < -0.3 is 24.0 Å². The van der Waals surface area contributed by atoms with Gasteiger partial charge in [-0.2, -0.15) is 0 Å². The number of aldehydes is 1. The van der Waals surface area contributed by atoms with E-state index in [2.05, 4.69) is 4.98 Å². The fourth-order valence-electron chi connectivity index (χ4n) is 3.21. The summed E-state index contributed by atoms with van der Waals surface area (Å²) in [5.41, 5.74) is 1.28. The summed E-state index contributed by atoms with van der Waals surface area (Å²) in [5, 5.41) is 14.6. The summed E-state index contributed by atoms with van der Waals surface area (Å²) in [7, 11) is 0. The lowest BCUT2D eigenvalue weighted by molar-refractivity contribution is -0.742. The van der Waals surface area contributed by atoms with E-state index in [1.54, 1.807) is 48.9 Å². The van der Waals surface area contributed by atoms with Crippen molar-refractivity contribution in [3.8, 4) is 5.75 Å². The average Bonchev–Trinajstić information content (AvgIpc) is 3.43. The van der Waals surface area contributed by atoms with Gasteiger partial charge in [-0.25, -0.2) is 4.98 Å². The molecule has 2 aromatic carbocycles. The third-order valence-corrected chi connectivity index (χ3v) is 5.15. The first-order chi connectivity index (χ1) is 15.8. The molecule has 1 aliphatic heterocycles. The molecule has 0 aliphatic carbocycles. The maximum Gasteiger partial charge on any atom is 0.291 e. The van der Waals surface area contributed by atoms with Crippen LogP contribution in [0.25, 0.3) is 0 Å². The second-order valence-electron chi connectivity index (χ2n) is 6.90. The number of ether oxygens (including phenoxy) is 3. The van der Waals surface area contributed by atoms with Gasteiger partial charge in [0, 0.05) is 28.5 Å². The van der Waals surface area contributed by atoms with Crippen LogP contribution in [-0.2, 0) is 21.8 Å². The lowest BCUT2D eigenvalue weighted by Gasteiger charge is -2.30. The van der Waals surface area contributed by atoms with E-state index in [-0.39, 0.29) is 12.7 Å². The first-order valence-electron chi connectivity index (χ1n) is 9.55. The minimum absolute atomic E-state index is 0.289. The maximum absolute atomic E-state index is 10.8. The Bertz CT molecular complexity index is 1080. The van der Waals surface area contributed by atoms with Crippen LogP contribution in [0.4, 0.5) is 0 Å². The zero-order valence-electron chi connectivity index (χ0n) is 17.0. The van der Waals surface area contributed by atoms with Gasteiger partial charge in [-0.3, -0.25) is 4.79 Å². The number of carbonyl (C=O) groups is 1. The van der Waals surface area contributed by atoms with Crippen LogP contribution < -0.4 is 4.74 Å². The minimum atomic E-state index is -1.50. The van der Waals surface area contributed by atoms with Crippen molar-refractivity contribution in [1.29, 1.82) is 0 Å². The van der Waals surface area contributed by atoms with Gasteiger partial charge >= 0.3 is 0 Å². The number of carbonyl (C=O) groups excluding carboxylic acids is 1. The summed E-state index contributed by atoms with van der Waals surface area (Å²) in [5.74, 6) is -0.437. The molecular formula is C21H19Cl2N3O7. The monoisotopic (exact) mass is 495 g/mol. The molecule has 0 bridgehead atoms. The summed E-state index contributed by atoms with van der Waals surface area (Å²) in [6.07, 6.45) is 5.69. The minimum Gasteiger partial charge on any atom is -0.491 e. The molecule has 33 heavy (non-hydrogen) atoms. The smallest absolute Gasteiger partial charge is 0.291 e. The van der Waals surface area contributed by atoms with Crippen LogP contribution in [-0.4, -0.2) is 45.4 Å². The van der Waals surface area contributed by atoms with Gasteiger partial charge in [0.25, 0.3) is 5.09 Å². The van der Waals surface area contributed by atoms with Gasteiger partial charge in [0.1, 0.15) is 24.7 Å². The van der Waals surface area contributed by atoms with Gasteiger partial charge in [0.05, 0.1) is 24.5 Å². The molecule has 4 rings (SSSR count). The SMILES string of the molecule is O=Cc1ccc(OC[C@@H]2CO[C@@](Cn3ccnc3)(c3ccc(Cl)cc3Cl)O2)cc1.O=[N+]([O-])O. The van der Waals surface area contributed by atoms with E-state index in [9.17, 15) is 4.79 Å². The van der Waals surface area contributed by atoms with Gasteiger partial charge in [0.15, 0.2) is 0 Å². The lowest BCUT2D eigenvalue weighted by atomic mass is 10.1. The molecule has 1 aliphatic rings. The van der Waals surface area contributed by atoms with Crippen molar-refractivity contribution in [2.45, 2.75) is 18.4 Å². The molecule has 2 atom stereocenters. The zero-order chi connectivity index (χ0) is 23.8. The van der Waals surface area contributed by atoms with E-state index >= 15 is 0 Å². The highest BCUT2D eigenvalue weighted by molar-refractivity contribution is 6.35. The highest BCUT2D eigenvalue weighted by Crippen LogP contribution is 2.40. The van der Waals surface area contributed by atoms with Gasteiger partial charge in [-0.15, -0.1) is 10.1 Å². The molecule has 3 aromatic rings. The standard InChI is InChI=1S/C21H18Cl2N2O4.HNO3/c22-16-3-6-19(20(23)9-16)21(13-25-8-7-24-14-25)28-12-18(29-21)11-27-17-4-1-15(10-26)2-5-17;2-1(3)4/h1-10,14,18H,11-13H2;(H,2,3,4)/t18-,21-;/m1./s1. The molecule has 1 fully saturated rings. The summed E-state index contributed by atoms with van der Waals surface area (Å²) in [6, 6.07) is 12.1. The quantitative estimate of drug-likeness (QED) is 0.296. The molecule has 0 amide bonds. The van der Waals surface area contributed by atoms with Crippen molar-refractivity contribution < 1.29 is 29.3 Å². The van der Waals surface area contributed by atoms with E-state index in [4.69, 9.17) is 52.7 Å². The fraction of sp³-hybridized carbons (Fsp3) is 0.238. The Hall–Kier alpha value is -3.18. The Kier molecular flexibility index (Phi) is 8.23. The number of imidazole rings is 1. The molecule has 0 spiro atoms. The molecule has 174 valence electrons. The second-order valence-corrected chi connectivity index (χ2v) is 7.74. The lowest BCUT2D eigenvalue weighted by Crippen LogP contribution is -2.34. The third kappa shape index (κ3) is 6.65. The van der Waals surface area contributed by atoms with Gasteiger partial charge in [0.2, 0.25) is 5.79 Å². The normalized spacial score (nSPS) is 19.4. The van der Waals surface area contributed by atoms with E-state index in [0.717, 1.165) is 6.29 Å². The van der Waals surface area contributed by atoms with Crippen molar-refractivity contribution in [3.63, 3.8) is 0 Å². The second kappa shape index (κ2) is 11.1. The number of halogens is 2. The summed E-state index contributed by atoms with van der Waals surface area (Å²) in [4.78, 5) is 23.2. The van der Waals surface area contributed by atoms with Crippen LogP contribution in [0.3, 0.4) is 0 Å². The van der Waals surface area contributed by atoms with Crippen LogP contribution in [0.1, 0.15) is 15.9 Å². The Balaban J connectivity index is 0.000000709. The zero-order valence-corrected chi connectivity index (χ0v) is 18.6. The molecule has 12 heteroatoms. The molecule has 0 saturated carbocycles. The van der Waals surface area contributed by atoms with Crippen molar-refractivity contribution >= 4 is 29.5 Å².